The third-order valence-corrected chi connectivity index (χ3v) is 3.88. The lowest BCUT2D eigenvalue weighted by molar-refractivity contribution is -0.120. The highest BCUT2D eigenvalue weighted by Crippen LogP contribution is 2.07. The lowest BCUT2D eigenvalue weighted by Crippen LogP contribution is -2.43. The van der Waals surface area contributed by atoms with Gasteiger partial charge in [-0.2, -0.15) is 0 Å². The van der Waals surface area contributed by atoms with E-state index in [1.54, 1.807) is 6.07 Å². The lowest BCUT2D eigenvalue weighted by Gasteiger charge is -2.26. The topological polar surface area (TPSA) is 70.7 Å². The van der Waals surface area contributed by atoms with Crippen molar-refractivity contribution in [3.05, 3.63) is 22.4 Å². The Labute approximate surface area is 122 Å². The number of morpholine rings is 1. The van der Waals surface area contributed by atoms with Crippen molar-refractivity contribution in [1.82, 2.24) is 15.5 Å². The molecule has 0 unspecified atom stereocenters. The zero-order valence-corrected chi connectivity index (χ0v) is 12.1. The summed E-state index contributed by atoms with van der Waals surface area (Å²) in [5, 5.41) is 7.23. The van der Waals surface area contributed by atoms with E-state index in [0.29, 0.717) is 11.4 Å². The number of hydrogen-bond acceptors (Lipinski definition) is 5. The van der Waals surface area contributed by atoms with Crippen LogP contribution in [0, 0.1) is 0 Å². The van der Waals surface area contributed by atoms with Gasteiger partial charge in [-0.05, 0) is 11.4 Å². The van der Waals surface area contributed by atoms with Crippen molar-refractivity contribution in [3.8, 4) is 0 Å². The average molecular weight is 297 g/mol. The van der Waals surface area contributed by atoms with Crippen molar-refractivity contribution in [2.75, 3.05) is 45.9 Å². The van der Waals surface area contributed by atoms with Crippen LogP contribution >= 0.6 is 11.3 Å². The predicted octanol–water partition coefficient (Wildman–Crippen LogP) is -0.0737. The Bertz CT molecular complexity index is 430. The fraction of sp³-hybridized carbons (Fsp3) is 0.538. The molecule has 1 aromatic rings. The van der Waals surface area contributed by atoms with Gasteiger partial charge in [-0.3, -0.25) is 14.5 Å². The van der Waals surface area contributed by atoms with E-state index in [4.69, 9.17) is 4.74 Å². The first-order valence-electron chi connectivity index (χ1n) is 6.64. The van der Waals surface area contributed by atoms with Gasteiger partial charge in [0.1, 0.15) is 0 Å². The largest absolute Gasteiger partial charge is 0.379 e. The molecule has 0 aliphatic carbocycles. The number of nitrogens with zero attached hydrogens (tertiary/aromatic N) is 1. The zero-order chi connectivity index (χ0) is 14.2. The number of ether oxygens (including phenoxy) is 1. The summed E-state index contributed by atoms with van der Waals surface area (Å²) < 4.78 is 5.25. The molecule has 0 saturated carbocycles. The number of thiophene rings is 1. The Morgan fingerprint density at radius 1 is 1.30 bits per heavy atom. The zero-order valence-electron chi connectivity index (χ0n) is 11.3. The Morgan fingerprint density at radius 3 is 2.80 bits per heavy atom. The predicted molar refractivity (Wildman–Crippen MR) is 76.9 cm³/mol. The Morgan fingerprint density at radius 2 is 2.10 bits per heavy atom. The third kappa shape index (κ3) is 4.92. The average Bonchev–Trinajstić information content (AvgIpc) is 3.00. The lowest BCUT2D eigenvalue weighted by atomic mass is 10.4. The summed E-state index contributed by atoms with van der Waals surface area (Å²) in [4.78, 5) is 26.1. The molecule has 2 heterocycles. The SMILES string of the molecule is O=C(CNC(=O)c1cccs1)NCCN1CCOCC1. The highest BCUT2D eigenvalue weighted by molar-refractivity contribution is 7.12. The van der Waals surface area contributed by atoms with Gasteiger partial charge < -0.3 is 15.4 Å². The first-order valence-corrected chi connectivity index (χ1v) is 7.52. The fourth-order valence-corrected chi connectivity index (χ4v) is 2.54. The Balaban J connectivity index is 1.57. The molecule has 1 saturated heterocycles. The molecule has 2 rings (SSSR count). The van der Waals surface area contributed by atoms with Crippen LogP contribution in [-0.2, 0) is 9.53 Å². The summed E-state index contributed by atoms with van der Waals surface area (Å²) in [5.41, 5.74) is 0. The molecule has 0 atom stereocenters. The molecule has 1 aliphatic heterocycles. The van der Waals surface area contributed by atoms with Gasteiger partial charge in [0.25, 0.3) is 5.91 Å². The van der Waals surface area contributed by atoms with Crippen LogP contribution in [-0.4, -0.2) is 62.7 Å². The maximum atomic E-state index is 11.6. The van der Waals surface area contributed by atoms with Crippen molar-refractivity contribution >= 4 is 23.2 Å². The summed E-state index contributed by atoms with van der Waals surface area (Å²) in [7, 11) is 0. The second kappa shape index (κ2) is 7.98. The summed E-state index contributed by atoms with van der Waals surface area (Å²) in [5.74, 6) is -0.369. The van der Waals surface area contributed by atoms with Crippen LogP contribution < -0.4 is 10.6 Å². The van der Waals surface area contributed by atoms with Crippen molar-refractivity contribution < 1.29 is 14.3 Å². The highest BCUT2D eigenvalue weighted by Gasteiger charge is 2.11. The number of amides is 2. The number of hydrogen-bond donors (Lipinski definition) is 2. The molecule has 1 fully saturated rings. The molecular weight excluding hydrogens is 278 g/mol. The van der Waals surface area contributed by atoms with Crippen LogP contribution in [0.1, 0.15) is 9.67 Å². The summed E-state index contributed by atoms with van der Waals surface area (Å²) in [6.45, 7) is 4.74. The first kappa shape index (κ1) is 15.0. The molecule has 0 radical (unpaired) electrons. The summed E-state index contributed by atoms with van der Waals surface area (Å²) in [6, 6.07) is 3.54. The van der Waals surface area contributed by atoms with Crippen molar-refractivity contribution in [2.24, 2.45) is 0 Å². The van der Waals surface area contributed by atoms with E-state index in [1.807, 2.05) is 11.4 Å². The molecule has 20 heavy (non-hydrogen) atoms. The Kier molecular flexibility index (Phi) is 5.97. The molecule has 110 valence electrons. The van der Waals surface area contributed by atoms with Crippen molar-refractivity contribution in [1.29, 1.82) is 0 Å². The normalized spacial score (nSPS) is 15.8. The van der Waals surface area contributed by atoms with Gasteiger partial charge in [0.05, 0.1) is 24.6 Å². The smallest absolute Gasteiger partial charge is 0.261 e. The summed E-state index contributed by atoms with van der Waals surface area (Å²) >= 11 is 1.36. The van der Waals surface area contributed by atoms with E-state index in [9.17, 15) is 9.59 Å². The molecule has 1 aliphatic rings. The number of carbonyl (C=O) groups excluding carboxylic acids is 2. The Hall–Kier alpha value is -1.44. The summed E-state index contributed by atoms with van der Waals surface area (Å²) in [6.07, 6.45) is 0. The number of rotatable bonds is 6. The third-order valence-electron chi connectivity index (χ3n) is 3.01. The molecule has 2 N–H and O–H groups in total. The molecule has 0 aromatic carbocycles. The maximum Gasteiger partial charge on any atom is 0.261 e. The van der Waals surface area contributed by atoms with Crippen molar-refractivity contribution in [2.45, 2.75) is 0 Å². The standard InChI is InChI=1S/C13H19N3O3S/c17-12(10-15-13(18)11-2-1-9-20-11)14-3-4-16-5-7-19-8-6-16/h1-2,9H,3-8,10H2,(H,14,17)(H,15,18). The van der Waals surface area contributed by atoms with Gasteiger partial charge >= 0.3 is 0 Å². The van der Waals surface area contributed by atoms with Gasteiger partial charge in [-0.1, -0.05) is 6.07 Å². The minimum atomic E-state index is -0.205. The molecular formula is C13H19N3O3S. The van der Waals surface area contributed by atoms with E-state index < -0.39 is 0 Å². The van der Waals surface area contributed by atoms with Crippen LogP contribution in [0.3, 0.4) is 0 Å². The minimum Gasteiger partial charge on any atom is -0.379 e. The molecule has 2 amide bonds. The van der Waals surface area contributed by atoms with Crippen molar-refractivity contribution in [3.63, 3.8) is 0 Å². The van der Waals surface area contributed by atoms with Crippen LogP contribution in [0.5, 0.6) is 0 Å². The molecule has 0 spiro atoms. The first-order chi connectivity index (χ1) is 9.75. The van der Waals surface area contributed by atoms with Crippen LogP contribution in [0.4, 0.5) is 0 Å². The maximum absolute atomic E-state index is 11.6. The quantitative estimate of drug-likeness (QED) is 0.771. The highest BCUT2D eigenvalue weighted by atomic mass is 32.1. The van der Waals surface area contributed by atoms with Crippen LogP contribution in [0.25, 0.3) is 0 Å². The molecule has 0 bridgehead atoms. The number of carbonyl (C=O) groups is 2. The van der Waals surface area contributed by atoms with E-state index in [1.165, 1.54) is 11.3 Å². The molecule has 7 heteroatoms. The van der Waals surface area contributed by atoms with E-state index >= 15 is 0 Å². The van der Waals surface area contributed by atoms with Gasteiger partial charge in [0.15, 0.2) is 0 Å². The van der Waals surface area contributed by atoms with Gasteiger partial charge in [0.2, 0.25) is 5.91 Å². The van der Waals surface area contributed by atoms with E-state index in [2.05, 4.69) is 15.5 Å². The monoisotopic (exact) mass is 297 g/mol. The molecule has 1 aromatic heterocycles. The fourth-order valence-electron chi connectivity index (χ4n) is 1.90. The van der Waals surface area contributed by atoms with Gasteiger partial charge in [-0.15, -0.1) is 11.3 Å². The van der Waals surface area contributed by atoms with Gasteiger partial charge in [-0.25, -0.2) is 0 Å². The second-order valence-electron chi connectivity index (χ2n) is 4.46. The van der Waals surface area contributed by atoms with Crippen LogP contribution in [0.15, 0.2) is 17.5 Å². The number of nitrogens with one attached hydrogen (secondary N) is 2. The van der Waals surface area contributed by atoms with Crippen LogP contribution in [0.2, 0.25) is 0 Å². The van der Waals surface area contributed by atoms with E-state index in [0.717, 1.165) is 32.8 Å². The van der Waals surface area contributed by atoms with Gasteiger partial charge in [0, 0.05) is 26.2 Å². The van der Waals surface area contributed by atoms with E-state index in [-0.39, 0.29) is 18.4 Å². The second-order valence-corrected chi connectivity index (χ2v) is 5.41. The molecule has 6 nitrogen and oxygen atoms in total. The minimum absolute atomic E-state index is 0.0137.